The molecular weight excluding hydrogens is 237 g/mol. The first-order chi connectivity index (χ1) is 8.50. The molecule has 1 atom stereocenters. The van der Waals surface area contributed by atoms with Gasteiger partial charge in [0.05, 0.1) is 0 Å². The van der Waals surface area contributed by atoms with E-state index in [4.69, 9.17) is 5.11 Å². The van der Waals surface area contributed by atoms with E-state index in [9.17, 15) is 9.18 Å². The molecule has 2 heterocycles. The molecule has 0 aromatic carbocycles. The summed E-state index contributed by atoms with van der Waals surface area (Å²) in [4.78, 5) is 18.9. The highest BCUT2D eigenvalue weighted by Crippen LogP contribution is 2.23. The molecule has 6 heteroatoms. The molecule has 1 aromatic heterocycles. The van der Waals surface area contributed by atoms with Crippen LogP contribution in [0.2, 0.25) is 0 Å². The Morgan fingerprint density at radius 3 is 2.89 bits per heavy atom. The van der Waals surface area contributed by atoms with Gasteiger partial charge in [-0.2, -0.15) is 0 Å². The van der Waals surface area contributed by atoms with Crippen LogP contribution in [0.1, 0.15) is 17.3 Å². The number of nitrogens with zero attached hydrogens (tertiary/aromatic N) is 3. The maximum absolute atomic E-state index is 14.1. The van der Waals surface area contributed by atoms with Crippen molar-refractivity contribution in [1.82, 2.24) is 9.88 Å². The van der Waals surface area contributed by atoms with Crippen LogP contribution >= 0.6 is 0 Å². The van der Waals surface area contributed by atoms with Crippen LogP contribution < -0.4 is 4.90 Å². The first kappa shape index (κ1) is 12.8. The Hall–Kier alpha value is -1.69. The standard InChI is InChI=1S/C12H16FN3O2/c1-8-7-15(2)5-6-16(8)11-10(13)9(12(17)18)3-4-14-11/h3-4,8H,5-7H2,1-2H3,(H,17,18). The van der Waals surface area contributed by atoms with E-state index in [0.29, 0.717) is 6.54 Å². The van der Waals surface area contributed by atoms with Gasteiger partial charge in [0.1, 0.15) is 5.56 Å². The maximum atomic E-state index is 14.1. The summed E-state index contributed by atoms with van der Waals surface area (Å²) in [5.41, 5.74) is -0.328. The third kappa shape index (κ3) is 2.28. The minimum absolute atomic E-state index is 0.106. The predicted octanol–water partition coefficient (Wildman–Crippen LogP) is 1.06. The number of hydrogen-bond acceptors (Lipinski definition) is 4. The molecule has 0 saturated carbocycles. The van der Waals surface area contributed by atoms with Crippen molar-refractivity contribution < 1.29 is 14.3 Å². The molecule has 0 amide bonds. The fourth-order valence-electron chi connectivity index (χ4n) is 2.25. The van der Waals surface area contributed by atoms with Crippen LogP contribution in [-0.4, -0.2) is 53.7 Å². The SMILES string of the molecule is CC1CN(C)CCN1c1nccc(C(=O)O)c1F. The van der Waals surface area contributed by atoms with E-state index in [-0.39, 0.29) is 17.4 Å². The number of pyridine rings is 1. The van der Waals surface area contributed by atoms with Gasteiger partial charge in [0.25, 0.3) is 0 Å². The van der Waals surface area contributed by atoms with Gasteiger partial charge in [-0.3, -0.25) is 0 Å². The zero-order valence-corrected chi connectivity index (χ0v) is 10.4. The lowest BCUT2D eigenvalue weighted by Gasteiger charge is -2.39. The summed E-state index contributed by atoms with van der Waals surface area (Å²) in [5.74, 6) is -1.88. The molecule has 1 aliphatic rings. The van der Waals surface area contributed by atoms with Crippen LogP contribution in [-0.2, 0) is 0 Å². The summed E-state index contributed by atoms with van der Waals surface area (Å²) in [6.45, 7) is 4.23. The minimum atomic E-state index is -1.27. The Labute approximate surface area is 105 Å². The Morgan fingerprint density at radius 1 is 1.56 bits per heavy atom. The van der Waals surface area contributed by atoms with Crippen molar-refractivity contribution in [2.24, 2.45) is 0 Å². The molecule has 0 aliphatic carbocycles. The molecule has 1 fully saturated rings. The molecule has 5 nitrogen and oxygen atoms in total. The van der Waals surface area contributed by atoms with Crippen molar-refractivity contribution in [1.29, 1.82) is 0 Å². The lowest BCUT2D eigenvalue weighted by atomic mass is 10.1. The topological polar surface area (TPSA) is 56.7 Å². The number of carbonyl (C=O) groups is 1. The number of aromatic nitrogens is 1. The summed E-state index contributed by atoms with van der Waals surface area (Å²) in [7, 11) is 2.01. The molecule has 0 spiro atoms. The van der Waals surface area contributed by atoms with E-state index in [2.05, 4.69) is 9.88 Å². The number of aromatic carboxylic acids is 1. The number of rotatable bonds is 2. The number of carboxylic acid groups (broad SMARTS) is 1. The van der Waals surface area contributed by atoms with Crippen molar-refractivity contribution in [3.05, 3.63) is 23.6 Å². The van der Waals surface area contributed by atoms with Crippen LogP contribution in [0, 0.1) is 5.82 Å². The zero-order chi connectivity index (χ0) is 13.3. The van der Waals surface area contributed by atoms with Gasteiger partial charge < -0.3 is 14.9 Å². The summed E-state index contributed by atoms with van der Waals surface area (Å²) < 4.78 is 14.1. The van der Waals surface area contributed by atoms with Gasteiger partial charge in [-0.25, -0.2) is 14.2 Å². The number of anilines is 1. The lowest BCUT2D eigenvalue weighted by molar-refractivity contribution is 0.0691. The average molecular weight is 253 g/mol. The van der Waals surface area contributed by atoms with Crippen LogP contribution in [0.4, 0.5) is 10.2 Å². The fourth-order valence-corrected chi connectivity index (χ4v) is 2.25. The smallest absolute Gasteiger partial charge is 0.338 e. The molecule has 1 N–H and O–H groups in total. The average Bonchev–Trinajstić information content (AvgIpc) is 2.30. The van der Waals surface area contributed by atoms with Crippen LogP contribution in [0.25, 0.3) is 0 Å². The van der Waals surface area contributed by atoms with E-state index in [1.165, 1.54) is 12.3 Å². The molecule has 0 bridgehead atoms. The fraction of sp³-hybridized carbons (Fsp3) is 0.500. The van der Waals surface area contributed by atoms with E-state index >= 15 is 0 Å². The summed E-state index contributed by atoms with van der Waals surface area (Å²) in [6, 6.07) is 1.29. The Balaban J connectivity index is 2.33. The second kappa shape index (κ2) is 4.89. The summed E-state index contributed by atoms with van der Waals surface area (Å²) >= 11 is 0. The third-order valence-electron chi connectivity index (χ3n) is 3.20. The van der Waals surface area contributed by atoms with Crippen molar-refractivity contribution in [3.8, 4) is 0 Å². The molecule has 1 unspecified atom stereocenters. The van der Waals surface area contributed by atoms with Crippen LogP contribution in [0.3, 0.4) is 0 Å². The number of halogens is 1. The van der Waals surface area contributed by atoms with Crippen molar-refractivity contribution in [3.63, 3.8) is 0 Å². The molecule has 98 valence electrons. The van der Waals surface area contributed by atoms with Gasteiger partial charge in [0.2, 0.25) is 0 Å². The molecule has 0 radical (unpaired) electrons. The highest BCUT2D eigenvalue weighted by Gasteiger charge is 2.26. The van der Waals surface area contributed by atoms with E-state index < -0.39 is 11.8 Å². The number of hydrogen-bond donors (Lipinski definition) is 1. The highest BCUT2D eigenvalue weighted by atomic mass is 19.1. The largest absolute Gasteiger partial charge is 0.478 e. The first-order valence-corrected chi connectivity index (χ1v) is 5.83. The summed E-state index contributed by atoms with van der Waals surface area (Å²) in [6.07, 6.45) is 1.34. The minimum Gasteiger partial charge on any atom is -0.478 e. The Bertz CT molecular complexity index is 467. The lowest BCUT2D eigenvalue weighted by Crippen LogP contribution is -2.51. The molecule has 18 heavy (non-hydrogen) atoms. The van der Waals surface area contributed by atoms with Gasteiger partial charge in [-0.05, 0) is 20.0 Å². The van der Waals surface area contributed by atoms with Crippen molar-refractivity contribution in [2.75, 3.05) is 31.6 Å². The molecule has 1 aromatic rings. The first-order valence-electron chi connectivity index (χ1n) is 5.83. The highest BCUT2D eigenvalue weighted by molar-refractivity contribution is 5.88. The molecular formula is C12H16FN3O2. The van der Waals surface area contributed by atoms with Crippen LogP contribution in [0.5, 0.6) is 0 Å². The van der Waals surface area contributed by atoms with Crippen molar-refractivity contribution in [2.45, 2.75) is 13.0 Å². The van der Waals surface area contributed by atoms with Crippen molar-refractivity contribution >= 4 is 11.8 Å². The predicted molar refractivity (Wildman–Crippen MR) is 65.5 cm³/mol. The molecule has 1 aliphatic heterocycles. The van der Waals surface area contributed by atoms with Crippen LogP contribution in [0.15, 0.2) is 12.3 Å². The monoisotopic (exact) mass is 253 g/mol. The Kier molecular flexibility index (Phi) is 3.47. The molecule has 1 saturated heterocycles. The van der Waals surface area contributed by atoms with Gasteiger partial charge in [0.15, 0.2) is 11.6 Å². The normalized spacial score (nSPS) is 21.1. The van der Waals surface area contributed by atoms with E-state index in [0.717, 1.165) is 13.1 Å². The summed E-state index contributed by atoms with van der Waals surface area (Å²) in [5, 5.41) is 8.90. The quantitative estimate of drug-likeness (QED) is 0.854. The number of piperazine rings is 1. The number of likely N-dealkylation sites (N-methyl/N-ethyl adjacent to an activating group) is 1. The van der Waals surface area contributed by atoms with Gasteiger partial charge >= 0.3 is 5.97 Å². The second-order valence-electron chi connectivity index (χ2n) is 4.61. The zero-order valence-electron chi connectivity index (χ0n) is 10.4. The third-order valence-corrected chi connectivity index (χ3v) is 3.20. The molecule has 2 rings (SSSR count). The van der Waals surface area contributed by atoms with Gasteiger partial charge in [0, 0.05) is 31.9 Å². The Morgan fingerprint density at radius 2 is 2.28 bits per heavy atom. The maximum Gasteiger partial charge on any atom is 0.338 e. The van der Waals surface area contributed by atoms with Gasteiger partial charge in [-0.1, -0.05) is 0 Å². The van der Waals surface area contributed by atoms with Gasteiger partial charge in [-0.15, -0.1) is 0 Å². The number of carboxylic acids is 1. The van der Waals surface area contributed by atoms with E-state index in [1.807, 2.05) is 18.9 Å². The second-order valence-corrected chi connectivity index (χ2v) is 4.61. The van der Waals surface area contributed by atoms with E-state index in [1.54, 1.807) is 0 Å².